The van der Waals surface area contributed by atoms with Crippen molar-refractivity contribution in [3.8, 4) is 0 Å². The van der Waals surface area contributed by atoms with E-state index in [1.54, 1.807) is 7.05 Å². The van der Waals surface area contributed by atoms with E-state index in [4.69, 9.17) is 0 Å². The first-order valence-corrected chi connectivity index (χ1v) is 7.95. The van der Waals surface area contributed by atoms with Crippen LogP contribution in [0.25, 0.3) is 0 Å². The van der Waals surface area contributed by atoms with Gasteiger partial charge < -0.3 is 15.7 Å². The van der Waals surface area contributed by atoms with E-state index in [2.05, 4.69) is 39.9 Å². The molecule has 1 unspecified atom stereocenters. The Kier molecular flexibility index (Phi) is 6.09. The molecule has 0 heterocycles. The van der Waals surface area contributed by atoms with Gasteiger partial charge in [-0.2, -0.15) is 0 Å². The maximum Gasteiger partial charge on any atom is 0.191 e. The Balaban J connectivity index is 0.00000176. The quantitative estimate of drug-likeness (QED) is 0.402. The van der Waals surface area contributed by atoms with Crippen molar-refractivity contribution in [1.29, 1.82) is 0 Å². The molecule has 1 atom stereocenters. The number of halogens is 1. The van der Waals surface area contributed by atoms with E-state index >= 15 is 0 Å². The van der Waals surface area contributed by atoms with Gasteiger partial charge in [-0.3, -0.25) is 4.99 Å². The van der Waals surface area contributed by atoms with E-state index in [1.807, 2.05) is 0 Å². The lowest BCUT2D eigenvalue weighted by Crippen LogP contribution is -2.51. The van der Waals surface area contributed by atoms with Gasteiger partial charge in [0.15, 0.2) is 5.96 Å². The highest BCUT2D eigenvalue weighted by molar-refractivity contribution is 14.0. The highest BCUT2D eigenvalue weighted by atomic mass is 127. The molecule has 122 valence electrons. The molecule has 0 spiro atoms. The number of hydrogen-bond donors (Lipinski definition) is 3. The summed E-state index contributed by atoms with van der Waals surface area (Å²) in [6.45, 7) is 1.49. The monoisotopic (exact) mass is 415 g/mol. The van der Waals surface area contributed by atoms with Crippen molar-refractivity contribution in [2.45, 2.75) is 43.6 Å². The number of nitrogens with zero attached hydrogens (tertiary/aromatic N) is 1. The number of nitrogens with one attached hydrogen (secondary N) is 2. The summed E-state index contributed by atoms with van der Waals surface area (Å²) in [7, 11) is 1.78. The van der Waals surface area contributed by atoms with E-state index in [1.165, 1.54) is 24.0 Å². The molecule has 1 saturated carbocycles. The van der Waals surface area contributed by atoms with Crippen LogP contribution in [0.3, 0.4) is 0 Å². The number of rotatable bonds is 4. The second kappa shape index (κ2) is 7.64. The third-order valence-electron chi connectivity index (χ3n) is 4.87. The summed E-state index contributed by atoms with van der Waals surface area (Å²) < 4.78 is 0. The smallest absolute Gasteiger partial charge is 0.191 e. The normalized spacial score (nSPS) is 22.3. The molecule has 3 rings (SSSR count). The molecule has 4 nitrogen and oxygen atoms in total. The zero-order valence-corrected chi connectivity index (χ0v) is 15.5. The minimum Gasteiger partial charge on any atom is -0.388 e. The third kappa shape index (κ3) is 3.93. The standard InChI is InChI=1S/C17H25N3O.HI/c1-18-16(20-12-17(21)9-4-10-17)19-11-14-8-7-13-5-2-3-6-15(13)14;/h2-3,5-6,14,21H,4,7-12H2,1H3,(H2,18,19,20);1H. The molecular weight excluding hydrogens is 389 g/mol. The Labute approximate surface area is 149 Å². The average molecular weight is 415 g/mol. The molecule has 1 fully saturated rings. The predicted octanol–water partition coefficient (Wildman–Crippen LogP) is 2.41. The SMILES string of the molecule is CN=C(NCC1CCc2ccccc21)NCC1(O)CCC1.I. The molecule has 2 aliphatic rings. The molecule has 3 N–H and O–H groups in total. The first kappa shape index (κ1) is 17.5. The molecule has 1 aromatic rings. The number of hydrogen-bond acceptors (Lipinski definition) is 2. The maximum atomic E-state index is 10.1. The van der Waals surface area contributed by atoms with Crippen LogP contribution >= 0.6 is 24.0 Å². The van der Waals surface area contributed by atoms with Crippen LogP contribution in [0.2, 0.25) is 0 Å². The molecule has 22 heavy (non-hydrogen) atoms. The van der Waals surface area contributed by atoms with E-state index in [9.17, 15) is 5.11 Å². The summed E-state index contributed by atoms with van der Waals surface area (Å²) in [5.74, 6) is 1.35. The molecule has 0 aromatic heterocycles. The molecule has 0 radical (unpaired) electrons. The van der Waals surface area contributed by atoms with Crippen molar-refractivity contribution >= 4 is 29.9 Å². The summed E-state index contributed by atoms with van der Waals surface area (Å²) in [6, 6.07) is 8.71. The lowest BCUT2D eigenvalue weighted by atomic mass is 9.80. The number of aliphatic imine (C=N–C) groups is 1. The molecule has 0 bridgehead atoms. The number of aliphatic hydroxyl groups is 1. The molecule has 5 heteroatoms. The van der Waals surface area contributed by atoms with Crippen LogP contribution in [0, 0.1) is 0 Å². The molecule has 1 aromatic carbocycles. The van der Waals surface area contributed by atoms with Gasteiger partial charge in [0, 0.05) is 26.1 Å². The first-order valence-electron chi connectivity index (χ1n) is 7.95. The number of benzene rings is 1. The van der Waals surface area contributed by atoms with Gasteiger partial charge in [-0.25, -0.2) is 0 Å². The highest BCUT2D eigenvalue weighted by Crippen LogP contribution is 2.32. The summed E-state index contributed by atoms with van der Waals surface area (Å²) in [6.07, 6.45) is 5.30. The zero-order valence-electron chi connectivity index (χ0n) is 13.1. The van der Waals surface area contributed by atoms with Gasteiger partial charge in [-0.05, 0) is 43.2 Å². The minimum atomic E-state index is -0.516. The summed E-state index contributed by atoms with van der Waals surface area (Å²) in [5, 5.41) is 16.8. The van der Waals surface area contributed by atoms with Crippen molar-refractivity contribution in [3.05, 3.63) is 35.4 Å². The van der Waals surface area contributed by atoms with Crippen LogP contribution in [0.1, 0.15) is 42.7 Å². The Morgan fingerprint density at radius 2 is 2.09 bits per heavy atom. The van der Waals surface area contributed by atoms with Crippen LogP contribution < -0.4 is 10.6 Å². The van der Waals surface area contributed by atoms with Crippen LogP contribution in [0.15, 0.2) is 29.3 Å². The van der Waals surface area contributed by atoms with Crippen LogP contribution in [0.4, 0.5) is 0 Å². The van der Waals surface area contributed by atoms with Crippen molar-refractivity contribution in [2.24, 2.45) is 4.99 Å². The van der Waals surface area contributed by atoms with Gasteiger partial charge in [0.1, 0.15) is 0 Å². The predicted molar refractivity (Wildman–Crippen MR) is 101 cm³/mol. The molecule has 0 saturated heterocycles. The molecule has 0 amide bonds. The topological polar surface area (TPSA) is 56.7 Å². The largest absolute Gasteiger partial charge is 0.388 e. The molecule has 0 aliphatic heterocycles. The zero-order chi connectivity index (χ0) is 14.7. The Morgan fingerprint density at radius 1 is 1.32 bits per heavy atom. The molecular formula is C17H26IN3O. The fourth-order valence-corrected chi connectivity index (χ4v) is 3.31. The van der Waals surface area contributed by atoms with Gasteiger partial charge >= 0.3 is 0 Å². The van der Waals surface area contributed by atoms with Gasteiger partial charge in [0.2, 0.25) is 0 Å². The summed E-state index contributed by atoms with van der Waals surface area (Å²) in [4.78, 5) is 4.25. The molecule has 2 aliphatic carbocycles. The van der Waals surface area contributed by atoms with Crippen molar-refractivity contribution < 1.29 is 5.11 Å². The number of aryl methyl sites for hydroxylation is 1. The van der Waals surface area contributed by atoms with E-state index in [-0.39, 0.29) is 24.0 Å². The van der Waals surface area contributed by atoms with Crippen molar-refractivity contribution in [2.75, 3.05) is 20.1 Å². The Morgan fingerprint density at radius 3 is 2.77 bits per heavy atom. The van der Waals surface area contributed by atoms with Crippen LogP contribution in [-0.2, 0) is 6.42 Å². The first-order chi connectivity index (χ1) is 10.2. The van der Waals surface area contributed by atoms with Crippen LogP contribution in [-0.4, -0.2) is 36.8 Å². The third-order valence-corrected chi connectivity index (χ3v) is 4.87. The Hall–Kier alpha value is -0.820. The van der Waals surface area contributed by atoms with Crippen molar-refractivity contribution in [1.82, 2.24) is 10.6 Å². The maximum absolute atomic E-state index is 10.1. The van der Waals surface area contributed by atoms with Gasteiger partial charge in [-0.15, -0.1) is 24.0 Å². The fraction of sp³-hybridized carbons (Fsp3) is 0.588. The van der Waals surface area contributed by atoms with E-state index < -0.39 is 5.60 Å². The van der Waals surface area contributed by atoms with Gasteiger partial charge in [-0.1, -0.05) is 24.3 Å². The second-order valence-electron chi connectivity index (χ2n) is 6.32. The Bertz CT molecular complexity index is 528. The number of fused-ring (bicyclic) bond motifs is 1. The van der Waals surface area contributed by atoms with Gasteiger partial charge in [0.25, 0.3) is 0 Å². The van der Waals surface area contributed by atoms with Gasteiger partial charge in [0.05, 0.1) is 5.60 Å². The minimum absolute atomic E-state index is 0. The van der Waals surface area contributed by atoms with E-state index in [0.29, 0.717) is 12.5 Å². The lowest BCUT2D eigenvalue weighted by molar-refractivity contribution is -0.0279. The highest BCUT2D eigenvalue weighted by Gasteiger charge is 2.34. The number of guanidine groups is 1. The van der Waals surface area contributed by atoms with Crippen molar-refractivity contribution in [3.63, 3.8) is 0 Å². The summed E-state index contributed by atoms with van der Waals surface area (Å²) in [5.41, 5.74) is 2.44. The fourth-order valence-electron chi connectivity index (χ4n) is 3.31. The van der Waals surface area contributed by atoms with E-state index in [0.717, 1.165) is 31.8 Å². The second-order valence-corrected chi connectivity index (χ2v) is 6.32. The summed E-state index contributed by atoms with van der Waals surface area (Å²) >= 11 is 0. The lowest BCUT2D eigenvalue weighted by Gasteiger charge is -2.37. The average Bonchev–Trinajstić information content (AvgIpc) is 2.89. The van der Waals surface area contributed by atoms with Crippen LogP contribution in [0.5, 0.6) is 0 Å².